The maximum Gasteiger partial charge on any atom is 0.258 e. The molecule has 1 saturated carbocycles. The average Bonchev–Trinajstić information content (AvgIpc) is 3.13. The molecule has 23 heavy (non-hydrogen) atoms. The lowest BCUT2D eigenvalue weighted by Gasteiger charge is -2.33. The number of carbonyl (C=O) groups excluding carboxylic acids is 2. The molecule has 5 nitrogen and oxygen atoms in total. The molecule has 4 atom stereocenters. The number of nitrogens with two attached hydrogens (primary N) is 1. The Balaban J connectivity index is 1.68. The van der Waals surface area contributed by atoms with Crippen LogP contribution in [-0.2, 0) is 20.7 Å². The van der Waals surface area contributed by atoms with Crippen LogP contribution in [0.5, 0.6) is 0 Å². The lowest BCUT2D eigenvalue weighted by atomic mass is 9.82. The molecule has 0 spiro atoms. The van der Waals surface area contributed by atoms with Crippen LogP contribution in [0.4, 0.5) is 0 Å². The summed E-state index contributed by atoms with van der Waals surface area (Å²) in [5, 5.41) is 2.84. The van der Waals surface area contributed by atoms with Crippen LogP contribution < -0.4 is 11.1 Å². The second kappa shape index (κ2) is 6.42. The minimum absolute atomic E-state index is 0.254. The van der Waals surface area contributed by atoms with Gasteiger partial charge in [0.15, 0.2) is 11.9 Å². The van der Waals surface area contributed by atoms with E-state index in [4.69, 9.17) is 10.5 Å². The van der Waals surface area contributed by atoms with Crippen molar-refractivity contribution in [2.24, 2.45) is 17.1 Å². The van der Waals surface area contributed by atoms with Crippen LogP contribution in [0.2, 0.25) is 0 Å². The zero-order valence-corrected chi connectivity index (χ0v) is 13.5. The van der Waals surface area contributed by atoms with Crippen molar-refractivity contribution < 1.29 is 14.3 Å². The lowest BCUT2D eigenvalue weighted by Crippen LogP contribution is -2.47. The van der Waals surface area contributed by atoms with Crippen molar-refractivity contribution in [3.8, 4) is 0 Å². The van der Waals surface area contributed by atoms with Gasteiger partial charge in [-0.25, -0.2) is 0 Å². The molecule has 1 amide bonds. The number of nitrogens with one attached hydrogen (secondary N) is 1. The molecule has 1 saturated heterocycles. The molecule has 2 fully saturated rings. The third kappa shape index (κ3) is 3.16. The molecule has 0 radical (unpaired) electrons. The molecule has 1 aromatic rings. The van der Waals surface area contributed by atoms with Crippen molar-refractivity contribution in [2.75, 3.05) is 6.54 Å². The summed E-state index contributed by atoms with van der Waals surface area (Å²) in [5.74, 6) is -0.0596. The number of carbonyl (C=O) groups is 2. The topological polar surface area (TPSA) is 81.4 Å². The third-order valence-electron chi connectivity index (χ3n) is 5.23. The van der Waals surface area contributed by atoms with Crippen molar-refractivity contribution in [2.45, 2.75) is 44.9 Å². The van der Waals surface area contributed by atoms with Gasteiger partial charge in [0.25, 0.3) is 5.91 Å². The van der Waals surface area contributed by atoms with Gasteiger partial charge in [-0.15, -0.1) is 0 Å². The van der Waals surface area contributed by atoms with Gasteiger partial charge in [-0.05, 0) is 44.1 Å². The predicted octanol–water partition coefficient (Wildman–Crippen LogP) is 1.40. The Morgan fingerprint density at radius 3 is 2.74 bits per heavy atom. The number of ketones is 1. The highest BCUT2D eigenvalue weighted by atomic mass is 16.5. The number of hydrogen-bond acceptors (Lipinski definition) is 4. The van der Waals surface area contributed by atoms with Gasteiger partial charge in [0.1, 0.15) is 6.23 Å². The van der Waals surface area contributed by atoms with Gasteiger partial charge in [-0.1, -0.05) is 30.3 Å². The molecule has 4 unspecified atom stereocenters. The number of Topliss-reactive ketones (excluding diaryl/α,β-unsaturated/α-hetero) is 1. The maximum atomic E-state index is 11.9. The van der Waals surface area contributed by atoms with Gasteiger partial charge in [0.2, 0.25) is 0 Å². The van der Waals surface area contributed by atoms with Crippen LogP contribution in [0.3, 0.4) is 0 Å². The Hall–Kier alpha value is -1.72. The quantitative estimate of drug-likeness (QED) is 0.805. The summed E-state index contributed by atoms with van der Waals surface area (Å²) in [6, 6.07) is 10.4. The van der Waals surface area contributed by atoms with Gasteiger partial charge in [-0.3, -0.25) is 9.59 Å². The van der Waals surface area contributed by atoms with Crippen LogP contribution in [0, 0.1) is 11.3 Å². The van der Waals surface area contributed by atoms with Gasteiger partial charge in [0, 0.05) is 12.0 Å². The number of hydrogen-bond donors (Lipinski definition) is 2. The van der Waals surface area contributed by atoms with E-state index in [0.29, 0.717) is 12.5 Å². The zero-order valence-electron chi connectivity index (χ0n) is 13.5. The number of ether oxygens (including phenoxy) is 1. The second-order valence-electron chi connectivity index (χ2n) is 6.88. The smallest absolute Gasteiger partial charge is 0.258 e. The molecule has 2 aliphatic rings. The van der Waals surface area contributed by atoms with Crippen LogP contribution in [0.1, 0.15) is 31.7 Å². The van der Waals surface area contributed by atoms with Gasteiger partial charge < -0.3 is 15.8 Å². The fourth-order valence-corrected chi connectivity index (χ4v) is 3.94. The number of amides is 1. The largest absolute Gasteiger partial charge is 0.337 e. The summed E-state index contributed by atoms with van der Waals surface area (Å²) in [6.07, 6.45) is 2.47. The van der Waals surface area contributed by atoms with Gasteiger partial charge >= 0.3 is 0 Å². The summed E-state index contributed by atoms with van der Waals surface area (Å²) < 4.78 is 5.72. The van der Waals surface area contributed by atoms with E-state index in [2.05, 4.69) is 29.6 Å². The summed E-state index contributed by atoms with van der Waals surface area (Å²) >= 11 is 0. The molecule has 1 aliphatic carbocycles. The fraction of sp³-hybridized carbons (Fsp3) is 0.556. The van der Waals surface area contributed by atoms with E-state index >= 15 is 0 Å². The van der Waals surface area contributed by atoms with Crippen LogP contribution in [0.25, 0.3) is 0 Å². The molecule has 0 bridgehead atoms. The highest BCUT2D eigenvalue weighted by Gasteiger charge is 2.51. The third-order valence-corrected chi connectivity index (χ3v) is 5.23. The summed E-state index contributed by atoms with van der Waals surface area (Å²) in [4.78, 5) is 23.4. The Morgan fingerprint density at radius 2 is 2.13 bits per heavy atom. The van der Waals surface area contributed by atoms with E-state index in [0.717, 1.165) is 25.7 Å². The molecule has 0 aromatic heterocycles. The van der Waals surface area contributed by atoms with Gasteiger partial charge in [0.05, 0.1) is 0 Å². The first-order valence-electron chi connectivity index (χ1n) is 8.24. The molecule has 1 heterocycles. The minimum Gasteiger partial charge on any atom is -0.337 e. The highest BCUT2D eigenvalue weighted by molar-refractivity contribution is 6.04. The van der Waals surface area contributed by atoms with E-state index in [1.807, 2.05) is 6.07 Å². The standard InChI is InChI=1S/C18H24N2O3/c1-12(21)15-16(22)20-17(23-15)18(11-19)8-7-14(10-18)9-13-5-3-2-4-6-13/h2-6,14-15,17H,7-11,19H2,1H3,(H,20,22). The minimum atomic E-state index is -0.975. The van der Waals surface area contributed by atoms with Crippen molar-refractivity contribution in [3.05, 3.63) is 35.9 Å². The Labute approximate surface area is 136 Å². The molecule has 1 aromatic carbocycles. The Bertz CT molecular complexity index is 589. The molecule has 5 heteroatoms. The van der Waals surface area contributed by atoms with Crippen LogP contribution in [-0.4, -0.2) is 30.6 Å². The molecule has 3 N–H and O–H groups in total. The Morgan fingerprint density at radius 1 is 1.39 bits per heavy atom. The average molecular weight is 316 g/mol. The maximum absolute atomic E-state index is 11.9. The normalized spacial score (nSPS) is 33.7. The predicted molar refractivity (Wildman–Crippen MR) is 86.5 cm³/mol. The summed E-state index contributed by atoms with van der Waals surface area (Å²) in [7, 11) is 0. The Kier molecular flexibility index (Phi) is 4.50. The molecular formula is C18H24N2O3. The lowest BCUT2D eigenvalue weighted by molar-refractivity contribution is -0.137. The van der Waals surface area contributed by atoms with Crippen molar-refractivity contribution in [3.63, 3.8) is 0 Å². The van der Waals surface area contributed by atoms with E-state index in [1.54, 1.807) is 0 Å². The summed E-state index contributed by atoms with van der Waals surface area (Å²) in [5.41, 5.74) is 7.11. The second-order valence-corrected chi connectivity index (χ2v) is 6.88. The molecular weight excluding hydrogens is 292 g/mol. The zero-order chi connectivity index (χ0) is 16.4. The van der Waals surface area contributed by atoms with Gasteiger partial charge in [-0.2, -0.15) is 0 Å². The number of rotatable bonds is 5. The monoisotopic (exact) mass is 316 g/mol. The summed E-state index contributed by atoms with van der Waals surface area (Å²) in [6.45, 7) is 1.84. The molecule has 1 aliphatic heterocycles. The van der Waals surface area contributed by atoms with Crippen LogP contribution >= 0.6 is 0 Å². The highest BCUT2D eigenvalue weighted by Crippen LogP contribution is 2.46. The fourth-order valence-electron chi connectivity index (χ4n) is 3.94. The first kappa shape index (κ1) is 16.1. The van der Waals surface area contributed by atoms with E-state index in [1.165, 1.54) is 12.5 Å². The molecule has 3 rings (SSSR count). The first-order chi connectivity index (χ1) is 11.0. The molecule has 124 valence electrons. The number of benzene rings is 1. The van der Waals surface area contributed by atoms with Crippen molar-refractivity contribution in [1.29, 1.82) is 0 Å². The first-order valence-corrected chi connectivity index (χ1v) is 8.24. The van der Waals surface area contributed by atoms with Crippen molar-refractivity contribution >= 4 is 11.7 Å². The SMILES string of the molecule is CC(=O)C1OC(C2(CN)CCC(Cc3ccccc3)C2)NC1=O. The van der Waals surface area contributed by atoms with E-state index in [-0.39, 0.29) is 17.1 Å². The van der Waals surface area contributed by atoms with E-state index < -0.39 is 12.3 Å². The van der Waals surface area contributed by atoms with Crippen molar-refractivity contribution in [1.82, 2.24) is 5.32 Å². The van der Waals surface area contributed by atoms with Crippen LogP contribution in [0.15, 0.2) is 30.3 Å². The van der Waals surface area contributed by atoms with E-state index in [9.17, 15) is 9.59 Å².